The average molecular weight is 302 g/mol. The van der Waals surface area contributed by atoms with E-state index < -0.39 is 0 Å². The highest BCUT2D eigenvalue weighted by Gasteiger charge is 2.36. The van der Waals surface area contributed by atoms with Crippen LogP contribution >= 0.6 is 0 Å². The topological polar surface area (TPSA) is 43.4 Å². The monoisotopic (exact) mass is 302 g/mol. The lowest BCUT2D eigenvalue weighted by Crippen LogP contribution is -2.31. The van der Waals surface area contributed by atoms with Crippen LogP contribution in [0.4, 0.5) is 0 Å². The Balaban J connectivity index is 1.89. The molecule has 0 saturated heterocycles. The Bertz CT molecular complexity index is 503. The molecule has 2 rings (SSSR count). The molecule has 3 heteroatoms. The Kier molecular flexibility index (Phi) is 5.76. The number of esters is 1. The Morgan fingerprint density at radius 1 is 1.23 bits per heavy atom. The number of allylic oxidation sites excluding steroid dienone is 6. The minimum Gasteiger partial charge on any atom is -0.466 e. The van der Waals surface area contributed by atoms with Crippen LogP contribution in [-0.2, 0) is 14.3 Å². The Labute approximate surface area is 133 Å². The van der Waals surface area contributed by atoms with Crippen molar-refractivity contribution in [2.24, 2.45) is 11.3 Å². The van der Waals surface area contributed by atoms with Crippen LogP contribution < -0.4 is 0 Å². The molecular formula is C19H26O3. The van der Waals surface area contributed by atoms with Crippen LogP contribution in [0.25, 0.3) is 0 Å². The number of hydrogen-bond donors (Lipinski definition) is 0. The number of Topliss-reactive ketones (excluding diaryl/α,β-unsaturated/α-hetero) is 1. The lowest BCUT2D eigenvalue weighted by molar-refractivity contribution is -0.149. The molecular weight excluding hydrogens is 276 g/mol. The molecule has 2 aliphatic rings. The third kappa shape index (κ3) is 4.43. The first kappa shape index (κ1) is 16.7. The van der Waals surface area contributed by atoms with Gasteiger partial charge in [0.2, 0.25) is 0 Å². The quantitative estimate of drug-likeness (QED) is 0.717. The molecule has 0 unspecified atom stereocenters. The number of ketones is 1. The zero-order valence-electron chi connectivity index (χ0n) is 13.6. The van der Waals surface area contributed by atoms with Crippen LogP contribution in [0.15, 0.2) is 36.0 Å². The Morgan fingerprint density at radius 2 is 1.95 bits per heavy atom. The summed E-state index contributed by atoms with van der Waals surface area (Å²) >= 11 is 0. The molecule has 2 aliphatic carbocycles. The summed E-state index contributed by atoms with van der Waals surface area (Å²) in [5.74, 6) is 0.192. The molecule has 1 fully saturated rings. The second-order valence-electron chi connectivity index (χ2n) is 6.65. The molecule has 22 heavy (non-hydrogen) atoms. The van der Waals surface area contributed by atoms with Crippen molar-refractivity contribution in [3.63, 3.8) is 0 Å². The van der Waals surface area contributed by atoms with Gasteiger partial charge in [-0.15, -0.1) is 0 Å². The molecule has 0 heterocycles. The maximum Gasteiger partial charge on any atom is 0.308 e. The molecule has 0 radical (unpaired) electrons. The second-order valence-corrected chi connectivity index (χ2v) is 6.65. The Hall–Kier alpha value is -1.64. The normalized spacial score (nSPS) is 27.9. The molecule has 0 aromatic carbocycles. The standard InChI is InChI=1S/C19H26O3/c1-3-22-18(21)16-10-12-19(2,13-11-16)14-17(20)15-8-6-4-5-7-9-15/h4-8,16H,3,9-14H2,1-2H3. The number of rotatable bonds is 5. The van der Waals surface area contributed by atoms with Crippen LogP contribution in [0.5, 0.6) is 0 Å². The fraction of sp³-hybridized carbons (Fsp3) is 0.579. The highest BCUT2D eigenvalue weighted by molar-refractivity contribution is 5.96. The zero-order valence-corrected chi connectivity index (χ0v) is 13.6. The molecule has 3 nitrogen and oxygen atoms in total. The van der Waals surface area contributed by atoms with Crippen LogP contribution in [0.2, 0.25) is 0 Å². The van der Waals surface area contributed by atoms with E-state index in [1.807, 2.05) is 37.3 Å². The van der Waals surface area contributed by atoms with Gasteiger partial charge >= 0.3 is 5.97 Å². The molecule has 0 aromatic rings. The first-order valence-corrected chi connectivity index (χ1v) is 8.26. The summed E-state index contributed by atoms with van der Waals surface area (Å²) in [6, 6.07) is 0. The van der Waals surface area contributed by atoms with Crippen molar-refractivity contribution in [3.8, 4) is 0 Å². The van der Waals surface area contributed by atoms with Gasteiger partial charge in [0.1, 0.15) is 0 Å². The van der Waals surface area contributed by atoms with Gasteiger partial charge in [-0.05, 0) is 50.0 Å². The molecule has 0 N–H and O–H groups in total. The summed E-state index contributed by atoms with van der Waals surface area (Å²) in [4.78, 5) is 24.3. The van der Waals surface area contributed by atoms with Crippen LogP contribution in [0.1, 0.15) is 52.4 Å². The Morgan fingerprint density at radius 3 is 2.64 bits per heavy atom. The number of ether oxygens (including phenoxy) is 1. The van der Waals surface area contributed by atoms with Crippen molar-refractivity contribution in [3.05, 3.63) is 36.0 Å². The highest BCUT2D eigenvalue weighted by Crippen LogP contribution is 2.42. The van der Waals surface area contributed by atoms with E-state index in [2.05, 4.69) is 6.92 Å². The van der Waals surface area contributed by atoms with Gasteiger partial charge in [-0.2, -0.15) is 0 Å². The smallest absolute Gasteiger partial charge is 0.308 e. The van der Waals surface area contributed by atoms with E-state index in [9.17, 15) is 9.59 Å². The SMILES string of the molecule is CCOC(=O)C1CCC(C)(CC(=O)C2=CC=CC=CC2)CC1. The predicted octanol–water partition coefficient (Wildman–Crippen LogP) is 4.15. The van der Waals surface area contributed by atoms with Crippen molar-refractivity contribution in [1.82, 2.24) is 0 Å². The average Bonchev–Trinajstić information content (AvgIpc) is 2.77. The molecule has 0 aromatic heterocycles. The second kappa shape index (κ2) is 7.57. The van der Waals surface area contributed by atoms with E-state index >= 15 is 0 Å². The first-order chi connectivity index (χ1) is 10.5. The van der Waals surface area contributed by atoms with Gasteiger partial charge < -0.3 is 4.74 Å². The number of carbonyl (C=O) groups is 2. The molecule has 1 saturated carbocycles. The van der Waals surface area contributed by atoms with E-state index in [0.29, 0.717) is 19.4 Å². The van der Waals surface area contributed by atoms with Crippen LogP contribution in [0.3, 0.4) is 0 Å². The van der Waals surface area contributed by atoms with Gasteiger partial charge in [0, 0.05) is 6.42 Å². The maximum absolute atomic E-state index is 12.5. The van der Waals surface area contributed by atoms with Crippen molar-refractivity contribution in [2.75, 3.05) is 6.61 Å². The minimum atomic E-state index is -0.0716. The molecule has 0 amide bonds. The third-order valence-corrected chi connectivity index (χ3v) is 4.75. The largest absolute Gasteiger partial charge is 0.466 e. The van der Waals surface area contributed by atoms with Crippen molar-refractivity contribution < 1.29 is 14.3 Å². The maximum atomic E-state index is 12.5. The molecule has 0 spiro atoms. The summed E-state index contributed by atoms with van der Waals surface area (Å²) in [6.07, 6.45) is 14.6. The summed E-state index contributed by atoms with van der Waals surface area (Å²) < 4.78 is 5.11. The fourth-order valence-electron chi connectivity index (χ4n) is 3.27. The van der Waals surface area contributed by atoms with Crippen LogP contribution in [-0.4, -0.2) is 18.4 Å². The molecule has 0 atom stereocenters. The van der Waals surface area contributed by atoms with E-state index in [-0.39, 0.29) is 23.1 Å². The van der Waals surface area contributed by atoms with Crippen LogP contribution in [0, 0.1) is 11.3 Å². The molecule has 0 bridgehead atoms. The zero-order chi connectivity index (χ0) is 16.0. The molecule has 0 aliphatic heterocycles. The van der Waals surface area contributed by atoms with Gasteiger partial charge in [0.25, 0.3) is 0 Å². The molecule has 120 valence electrons. The number of carbonyl (C=O) groups excluding carboxylic acids is 2. The van der Waals surface area contributed by atoms with Gasteiger partial charge in [-0.25, -0.2) is 0 Å². The summed E-state index contributed by atoms with van der Waals surface area (Å²) in [7, 11) is 0. The minimum absolute atomic E-state index is 0.0145. The van der Waals surface area contributed by atoms with E-state index in [1.54, 1.807) is 0 Å². The predicted molar refractivity (Wildman–Crippen MR) is 87.3 cm³/mol. The fourth-order valence-corrected chi connectivity index (χ4v) is 3.27. The van der Waals surface area contributed by atoms with Crippen molar-refractivity contribution in [2.45, 2.75) is 52.4 Å². The van der Waals surface area contributed by atoms with E-state index in [0.717, 1.165) is 31.3 Å². The first-order valence-electron chi connectivity index (χ1n) is 8.26. The van der Waals surface area contributed by atoms with Gasteiger partial charge in [0.15, 0.2) is 5.78 Å². The van der Waals surface area contributed by atoms with Gasteiger partial charge in [-0.3, -0.25) is 9.59 Å². The third-order valence-electron chi connectivity index (χ3n) is 4.75. The van der Waals surface area contributed by atoms with Crippen molar-refractivity contribution >= 4 is 11.8 Å². The van der Waals surface area contributed by atoms with Gasteiger partial charge in [0.05, 0.1) is 12.5 Å². The lowest BCUT2D eigenvalue weighted by atomic mass is 9.68. The lowest BCUT2D eigenvalue weighted by Gasteiger charge is -2.36. The number of hydrogen-bond acceptors (Lipinski definition) is 3. The summed E-state index contributed by atoms with van der Waals surface area (Å²) in [6.45, 7) is 4.46. The van der Waals surface area contributed by atoms with E-state index in [4.69, 9.17) is 4.74 Å². The summed E-state index contributed by atoms with van der Waals surface area (Å²) in [5.41, 5.74) is 0.902. The summed E-state index contributed by atoms with van der Waals surface area (Å²) in [5, 5.41) is 0. The van der Waals surface area contributed by atoms with Crippen molar-refractivity contribution in [1.29, 1.82) is 0 Å². The van der Waals surface area contributed by atoms with Gasteiger partial charge in [-0.1, -0.05) is 37.3 Å². The van der Waals surface area contributed by atoms with E-state index in [1.165, 1.54) is 0 Å². The highest BCUT2D eigenvalue weighted by atomic mass is 16.5.